The van der Waals surface area contributed by atoms with Gasteiger partial charge >= 0.3 is 0 Å². The van der Waals surface area contributed by atoms with Crippen LogP contribution in [0.4, 0.5) is 0 Å². The van der Waals surface area contributed by atoms with Gasteiger partial charge in [-0.15, -0.1) is 0 Å². The number of nitrogens with two attached hydrogens (primary N) is 1. The number of hydrogen-bond donors (Lipinski definition) is 1. The Morgan fingerprint density at radius 3 is 3.20 bits per heavy atom. The molecular weight excluding hydrogens is 126 g/mol. The topological polar surface area (TPSA) is 35.2 Å². The summed E-state index contributed by atoms with van der Waals surface area (Å²) in [6.07, 6.45) is 6.98. The average molecular weight is 139 g/mol. The molecule has 0 aromatic carbocycles. The van der Waals surface area contributed by atoms with Crippen molar-refractivity contribution in [1.82, 2.24) is 0 Å². The van der Waals surface area contributed by atoms with Crippen molar-refractivity contribution in [3.63, 3.8) is 0 Å². The summed E-state index contributed by atoms with van der Waals surface area (Å²) < 4.78 is 5.00. The van der Waals surface area contributed by atoms with Gasteiger partial charge in [0, 0.05) is 18.7 Å². The van der Waals surface area contributed by atoms with Crippen molar-refractivity contribution in [3.8, 4) is 0 Å². The summed E-state index contributed by atoms with van der Waals surface area (Å²) in [6, 6.07) is 0. The monoisotopic (exact) mass is 139 g/mol. The smallest absolute Gasteiger partial charge is 0.0528 e. The first-order valence-electron chi connectivity index (χ1n) is 3.44. The maximum absolute atomic E-state index is 5.61. The maximum Gasteiger partial charge on any atom is 0.0528 e. The number of rotatable bonds is 2. The molecule has 0 radical (unpaired) electrons. The lowest BCUT2D eigenvalue weighted by Crippen LogP contribution is -2.12. The van der Waals surface area contributed by atoms with E-state index in [4.69, 9.17) is 10.5 Å². The predicted octanol–water partition coefficient (Wildman–Crippen LogP) is 1.05. The van der Waals surface area contributed by atoms with Gasteiger partial charge in [-0.25, -0.2) is 0 Å². The molecule has 1 unspecified atom stereocenters. The van der Waals surface area contributed by atoms with Crippen LogP contribution < -0.4 is 5.73 Å². The largest absolute Gasteiger partial charge is 0.402 e. The summed E-state index contributed by atoms with van der Waals surface area (Å²) in [5, 5.41) is 0. The molecule has 0 heterocycles. The van der Waals surface area contributed by atoms with E-state index in [9.17, 15) is 0 Å². The molecule has 1 atom stereocenters. The van der Waals surface area contributed by atoms with Gasteiger partial charge < -0.3 is 10.5 Å². The summed E-state index contributed by atoms with van der Waals surface area (Å²) in [7, 11) is 1.71. The van der Waals surface area contributed by atoms with Gasteiger partial charge in [-0.1, -0.05) is 12.2 Å². The Hall–Kier alpha value is -0.760. The van der Waals surface area contributed by atoms with Crippen LogP contribution >= 0.6 is 0 Å². The summed E-state index contributed by atoms with van der Waals surface area (Å²) in [5.74, 6) is 0.481. The fraction of sp³-hybridized carbons (Fsp3) is 0.500. The van der Waals surface area contributed by atoms with Crippen LogP contribution in [-0.4, -0.2) is 13.7 Å². The summed E-state index contributed by atoms with van der Waals surface area (Å²) in [6.45, 7) is 0.769. The van der Waals surface area contributed by atoms with E-state index in [0.717, 1.165) is 18.7 Å². The Morgan fingerprint density at radius 2 is 2.60 bits per heavy atom. The highest BCUT2D eigenvalue weighted by Gasteiger charge is 2.07. The Labute approximate surface area is 61.4 Å². The van der Waals surface area contributed by atoms with Crippen LogP contribution in [0, 0.1) is 5.92 Å². The van der Waals surface area contributed by atoms with E-state index in [2.05, 4.69) is 6.08 Å². The van der Waals surface area contributed by atoms with Gasteiger partial charge in [0.25, 0.3) is 0 Å². The fourth-order valence-corrected chi connectivity index (χ4v) is 1.10. The Bertz CT molecular complexity index is 161. The zero-order valence-corrected chi connectivity index (χ0v) is 6.21. The lowest BCUT2D eigenvalue weighted by atomic mass is 10.00. The van der Waals surface area contributed by atoms with Gasteiger partial charge in [0.15, 0.2) is 0 Å². The second-order valence-electron chi connectivity index (χ2n) is 2.55. The average Bonchev–Trinajstić information content (AvgIpc) is 1.88. The van der Waals surface area contributed by atoms with Crippen molar-refractivity contribution >= 4 is 0 Å². The van der Waals surface area contributed by atoms with Crippen LogP contribution in [-0.2, 0) is 4.74 Å². The molecule has 0 saturated heterocycles. The molecule has 0 amide bonds. The number of allylic oxidation sites excluding steroid dienone is 3. The van der Waals surface area contributed by atoms with E-state index in [1.54, 1.807) is 7.11 Å². The highest BCUT2D eigenvalue weighted by molar-refractivity contribution is 5.17. The highest BCUT2D eigenvalue weighted by atomic mass is 16.5. The zero-order chi connectivity index (χ0) is 7.40. The molecule has 0 bridgehead atoms. The summed E-state index contributed by atoms with van der Waals surface area (Å²) in [5.41, 5.74) is 6.56. The molecule has 0 fully saturated rings. The fourth-order valence-electron chi connectivity index (χ4n) is 1.10. The van der Waals surface area contributed by atoms with Crippen LogP contribution in [0.5, 0.6) is 0 Å². The van der Waals surface area contributed by atoms with Gasteiger partial charge in [-0.3, -0.25) is 0 Å². The summed E-state index contributed by atoms with van der Waals surface area (Å²) >= 11 is 0. The van der Waals surface area contributed by atoms with Crippen LogP contribution in [0.3, 0.4) is 0 Å². The lowest BCUT2D eigenvalue weighted by Gasteiger charge is -2.14. The van der Waals surface area contributed by atoms with Crippen molar-refractivity contribution in [1.29, 1.82) is 0 Å². The minimum absolute atomic E-state index is 0.481. The SMILES string of the molecule is COCC1C=CC=C(N)C1. The van der Waals surface area contributed by atoms with E-state index >= 15 is 0 Å². The molecule has 0 aromatic heterocycles. The van der Waals surface area contributed by atoms with Crippen LogP contribution in [0.1, 0.15) is 6.42 Å². The third kappa shape index (κ3) is 1.88. The van der Waals surface area contributed by atoms with Crippen molar-refractivity contribution in [2.75, 3.05) is 13.7 Å². The maximum atomic E-state index is 5.61. The Balaban J connectivity index is 2.39. The van der Waals surface area contributed by atoms with E-state index < -0.39 is 0 Å². The molecule has 0 saturated carbocycles. The van der Waals surface area contributed by atoms with Crippen LogP contribution in [0.2, 0.25) is 0 Å². The minimum Gasteiger partial charge on any atom is -0.402 e. The molecule has 2 nitrogen and oxygen atoms in total. The van der Waals surface area contributed by atoms with Crippen LogP contribution in [0.25, 0.3) is 0 Å². The second kappa shape index (κ2) is 3.42. The molecule has 1 aliphatic rings. The van der Waals surface area contributed by atoms with Gasteiger partial charge in [-0.2, -0.15) is 0 Å². The van der Waals surface area contributed by atoms with Crippen molar-refractivity contribution in [2.24, 2.45) is 11.7 Å². The summed E-state index contributed by atoms with van der Waals surface area (Å²) in [4.78, 5) is 0. The zero-order valence-electron chi connectivity index (χ0n) is 6.21. The van der Waals surface area contributed by atoms with E-state index in [-0.39, 0.29) is 0 Å². The molecule has 2 heteroatoms. The Kier molecular flexibility index (Phi) is 2.51. The highest BCUT2D eigenvalue weighted by Crippen LogP contribution is 2.14. The first kappa shape index (κ1) is 7.35. The van der Waals surface area contributed by atoms with Crippen LogP contribution in [0.15, 0.2) is 23.9 Å². The van der Waals surface area contributed by atoms with Crippen molar-refractivity contribution in [2.45, 2.75) is 6.42 Å². The van der Waals surface area contributed by atoms with E-state index in [0.29, 0.717) is 5.92 Å². The molecule has 0 aromatic rings. The van der Waals surface area contributed by atoms with E-state index in [1.165, 1.54) is 0 Å². The van der Waals surface area contributed by atoms with Gasteiger partial charge in [0.2, 0.25) is 0 Å². The molecule has 1 aliphatic carbocycles. The normalized spacial score (nSPS) is 24.5. The molecule has 0 aliphatic heterocycles. The predicted molar refractivity (Wildman–Crippen MR) is 41.4 cm³/mol. The molecule has 2 N–H and O–H groups in total. The standard InChI is InChI=1S/C8H13NO/c1-10-6-7-3-2-4-8(9)5-7/h2-4,7H,5-6,9H2,1H3. The van der Waals surface area contributed by atoms with Crippen molar-refractivity contribution in [3.05, 3.63) is 23.9 Å². The first-order chi connectivity index (χ1) is 4.83. The molecule has 1 rings (SSSR count). The molecular formula is C8H13NO. The quantitative estimate of drug-likeness (QED) is 0.620. The third-order valence-electron chi connectivity index (χ3n) is 1.57. The number of methoxy groups -OCH3 is 1. The molecule has 56 valence electrons. The van der Waals surface area contributed by atoms with E-state index in [1.807, 2.05) is 12.2 Å². The number of ether oxygens (including phenoxy) is 1. The first-order valence-corrected chi connectivity index (χ1v) is 3.44. The Morgan fingerprint density at radius 1 is 1.80 bits per heavy atom. The molecule has 0 spiro atoms. The van der Waals surface area contributed by atoms with Crippen molar-refractivity contribution < 1.29 is 4.74 Å². The second-order valence-corrected chi connectivity index (χ2v) is 2.55. The lowest BCUT2D eigenvalue weighted by molar-refractivity contribution is 0.169. The third-order valence-corrected chi connectivity index (χ3v) is 1.57. The van der Waals surface area contributed by atoms with Gasteiger partial charge in [-0.05, 0) is 12.5 Å². The number of hydrogen-bond acceptors (Lipinski definition) is 2. The van der Waals surface area contributed by atoms with Gasteiger partial charge in [0.05, 0.1) is 6.61 Å². The van der Waals surface area contributed by atoms with Gasteiger partial charge in [0.1, 0.15) is 0 Å². The minimum atomic E-state index is 0.481. The molecule has 10 heavy (non-hydrogen) atoms.